The molecule has 2 heteroatoms. The second-order valence-corrected chi connectivity index (χ2v) is 2.98. The smallest absolute Gasteiger partial charge is 0.00608 e. The zero-order valence-corrected chi connectivity index (χ0v) is 6.72. The average Bonchev–Trinajstić information content (AvgIpc) is 1.66. The standard InChI is InChI=1S/C6H15NS/c1-6(2)4-5-7-8-3/h6-7H,4-5H2,1-3H3. The normalized spacial score (nSPS) is 10.5. The maximum absolute atomic E-state index is 3.20. The fourth-order valence-electron chi connectivity index (χ4n) is 0.450. The largest absolute Gasteiger partial charge is 0.264 e. The number of hydrogen-bond acceptors (Lipinski definition) is 2. The Kier molecular flexibility index (Phi) is 5.66. The SMILES string of the molecule is CSNCCC(C)C. The summed E-state index contributed by atoms with van der Waals surface area (Å²) in [6.07, 6.45) is 3.33. The fraction of sp³-hybridized carbons (Fsp3) is 1.00. The van der Waals surface area contributed by atoms with E-state index in [-0.39, 0.29) is 0 Å². The molecule has 0 rings (SSSR count). The van der Waals surface area contributed by atoms with Crippen LogP contribution in [0.25, 0.3) is 0 Å². The van der Waals surface area contributed by atoms with Crippen molar-refractivity contribution in [2.24, 2.45) is 5.92 Å². The summed E-state index contributed by atoms with van der Waals surface area (Å²) in [7, 11) is 0. The monoisotopic (exact) mass is 133 g/mol. The van der Waals surface area contributed by atoms with Gasteiger partial charge in [-0.2, -0.15) is 0 Å². The number of hydrogen-bond donors (Lipinski definition) is 1. The lowest BCUT2D eigenvalue weighted by molar-refractivity contribution is 0.585. The summed E-state index contributed by atoms with van der Waals surface area (Å²) in [5.41, 5.74) is 0. The number of rotatable bonds is 4. The minimum absolute atomic E-state index is 0.828. The van der Waals surface area contributed by atoms with E-state index in [1.165, 1.54) is 6.42 Å². The zero-order valence-electron chi connectivity index (χ0n) is 5.90. The molecular weight excluding hydrogens is 118 g/mol. The summed E-state index contributed by atoms with van der Waals surface area (Å²) in [6.45, 7) is 5.61. The van der Waals surface area contributed by atoms with Crippen LogP contribution in [-0.2, 0) is 0 Å². The van der Waals surface area contributed by atoms with Crippen LogP contribution < -0.4 is 4.72 Å². The lowest BCUT2D eigenvalue weighted by Crippen LogP contribution is -2.06. The van der Waals surface area contributed by atoms with Gasteiger partial charge in [0.2, 0.25) is 0 Å². The maximum Gasteiger partial charge on any atom is 0.00608 e. The minimum atomic E-state index is 0.828. The van der Waals surface area contributed by atoms with Crippen molar-refractivity contribution in [2.75, 3.05) is 12.8 Å². The summed E-state index contributed by atoms with van der Waals surface area (Å²) in [4.78, 5) is 0. The molecule has 0 unspecified atom stereocenters. The van der Waals surface area contributed by atoms with Gasteiger partial charge in [-0.15, -0.1) is 0 Å². The summed E-state index contributed by atoms with van der Waals surface area (Å²) >= 11 is 1.69. The fourth-order valence-corrected chi connectivity index (χ4v) is 0.772. The topological polar surface area (TPSA) is 12.0 Å². The van der Waals surface area contributed by atoms with Gasteiger partial charge in [-0.25, -0.2) is 0 Å². The van der Waals surface area contributed by atoms with Crippen LogP contribution in [0, 0.1) is 5.92 Å². The molecule has 0 fully saturated rings. The summed E-state index contributed by atoms with van der Waals surface area (Å²) in [5, 5.41) is 0. The quantitative estimate of drug-likeness (QED) is 0.464. The third-order valence-corrected chi connectivity index (χ3v) is 1.46. The van der Waals surface area contributed by atoms with Crippen LogP contribution in [0.4, 0.5) is 0 Å². The van der Waals surface area contributed by atoms with E-state index in [2.05, 4.69) is 24.8 Å². The average molecular weight is 133 g/mol. The molecule has 8 heavy (non-hydrogen) atoms. The van der Waals surface area contributed by atoms with Gasteiger partial charge in [0.05, 0.1) is 0 Å². The highest BCUT2D eigenvalue weighted by Crippen LogP contribution is 1.97. The van der Waals surface area contributed by atoms with Crippen molar-refractivity contribution in [3.8, 4) is 0 Å². The molecule has 0 atom stereocenters. The molecule has 0 amide bonds. The van der Waals surface area contributed by atoms with E-state index < -0.39 is 0 Å². The van der Waals surface area contributed by atoms with E-state index in [1.807, 2.05) is 0 Å². The van der Waals surface area contributed by atoms with E-state index in [4.69, 9.17) is 0 Å². The van der Waals surface area contributed by atoms with E-state index in [9.17, 15) is 0 Å². The van der Waals surface area contributed by atoms with Crippen molar-refractivity contribution < 1.29 is 0 Å². The first-order chi connectivity index (χ1) is 3.77. The van der Waals surface area contributed by atoms with Crippen LogP contribution in [0.3, 0.4) is 0 Å². The molecule has 0 bridgehead atoms. The van der Waals surface area contributed by atoms with E-state index >= 15 is 0 Å². The van der Waals surface area contributed by atoms with Crippen LogP contribution in [-0.4, -0.2) is 12.8 Å². The molecular formula is C6H15NS. The van der Waals surface area contributed by atoms with Crippen molar-refractivity contribution in [1.29, 1.82) is 0 Å². The molecule has 0 aliphatic heterocycles. The lowest BCUT2D eigenvalue weighted by Gasteiger charge is -2.02. The Morgan fingerprint density at radius 2 is 2.12 bits per heavy atom. The highest BCUT2D eigenvalue weighted by Gasteiger charge is 1.89. The van der Waals surface area contributed by atoms with Crippen LogP contribution in [0.5, 0.6) is 0 Å². The van der Waals surface area contributed by atoms with Crippen molar-refractivity contribution >= 4 is 11.9 Å². The molecule has 0 radical (unpaired) electrons. The van der Waals surface area contributed by atoms with Gasteiger partial charge in [0.25, 0.3) is 0 Å². The first-order valence-corrected chi connectivity index (χ1v) is 4.25. The van der Waals surface area contributed by atoms with Gasteiger partial charge in [0.15, 0.2) is 0 Å². The molecule has 0 aromatic heterocycles. The summed E-state index contributed by atoms with van der Waals surface area (Å²) in [6, 6.07) is 0. The maximum atomic E-state index is 3.20. The molecule has 1 nitrogen and oxygen atoms in total. The Labute approximate surface area is 56.4 Å². The Balaban J connectivity index is 2.72. The Bertz CT molecular complexity index is 45.8. The number of nitrogens with one attached hydrogen (secondary N) is 1. The molecule has 0 aromatic carbocycles. The lowest BCUT2D eigenvalue weighted by atomic mass is 10.1. The molecule has 0 heterocycles. The molecule has 0 aliphatic carbocycles. The molecule has 0 aliphatic rings. The Morgan fingerprint density at radius 3 is 2.50 bits per heavy atom. The predicted molar refractivity (Wildman–Crippen MR) is 41.0 cm³/mol. The highest BCUT2D eigenvalue weighted by atomic mass is 32.2. The van der Waals surface area contributed by atoms with E-state index in [0.717, 1.165) is 12.5 Å². The van der Waals surface area contributed by atoms with Crippen LogP contribution in [0.2, 0.25) is 0 Å². The third kappa shape index (κ3) is 6.31. The van der Waals surface area contributed by atoms with E-state index in [1.54, 1.807) is 11.9 Å². The first kappa shape index (κ1) is 8.31. The van der Waals surface area contributed by atoms with Crippen molar-refractivity contribution in [3.63, 3.8) is 0 Å². The highest BCUT2D eigenvalue weighted by molar-refractivity contribution is 7.96. The van der Waals surface area contributed by atoms with Gasteiger partial charge in [0, 0.05) is 6.54 Å². The van der Waals surface area contributed by atoms with Gasteiger partial charge >= 0.3 is 0 Å². The van der Waals surface area contributed by atoms with Crippen molar-refractivity contribution in [2.45, 2.75) is 20.3 Å². The molecule has 1 N–H and O–H groups in total. The summed E-state index contributed by atoms with van der Waals surface area (Å²) < 4.78 is 3.20. The molecule has 0 aromatic rings. The second-order valence-electron chi connectivity index (χ2n) is 2.28. The molecule has 0 saturated carbocycles. The molecule has 0 saturated heterocycles. The third-order valence-electron chi connectivity index (χ3n) is 0.968. The van der Waals surface area contributed by atoms with Gasteiger partial charge in [-0.3, -0.25) is 4.72 Å². The van der Waals surface area contributed by atoms with Gasteiger partial charge in [-0.1, -0.05) is 25.8 Å². The Hall–Kier alpha value is 0.310. The summed E-state index contributed by atoms with van der Waals surface area (Å²) in [5.74, 6) is 0.828. The van der Waals surface area contributed by atoms with E-state index in [0.29, 0.717) is 0 Å². The van der Waals surface area contributed by atoms with Crippen LogP contribution in [0.1, 0.15) is 20.3 Å². The zero-order chi connectivity index (χ0) is 6.41. The van der Waals surface area contributed by atoms with Crippen LogP contribution in [0.15, 0.2) is 0 Å². The van der Waals surface area contributed by atoms with Crippen molar-refractivity contribution in [3.05, 3.63) is 0 Å². The Morgan fingerprint density at radius 1 is 1.50 bits per heavy atom. The van der Waals surface area contributed by atoms with Gasteiger partial charge in [0.1, 0.15) is 0 Å². The predicted octanol–water partition coefficient (Wildman–Crippen LogP) is 1.90. The molecule has 50 valence electrons. The van der Waals surface area contributed by atoms with Crippen molar-refractivity contribution in [1.82, 2.24) is 4.72 Å². The second kappa shape index (κ2) is 5.45. The van der Waals surface area contributed by atoms with Crippen LogP contribution >= 0.6 is 11.9 Å². The van der Waals surface area contributed by atoms with Gasteiger partial charge in [-0.05, 0) is 18.6 Å². The van der Waals surface area contributed by atoms with Gasteiger partial charge < -0.3 is 0 Å². The molecule has 0 spiro atoms. The first-order valence-electron chi connectivity index (χ1n) is 3.03. The minimum Gasteiger partial charge on any atom is -0.264 e.